The molecule has 2 unspecified atom stereocenters. The van der Waals surface area contributed by atoms with Gasteiger partial charge in [-0.1, -0.05) is 44.4 Å². The van der Waals surface area contributed by atoms with Crippen LogP contribution >= 0.6 is 0 Å². The maximum Gasteiger partial charge on any atom is 0.119 e. The molecule has 7 nitrogen and oxygen atoms in total. The van der Waals surface area contributed by atoms with Crippen LogP contribution in [0.2, 0.25) is 0 Å². The van der Waals surface area contributed by atoms with Crippen molar-refractivity contribution >= 4 is 11.0 Å². The molecule has 8 heteroatoms. The summed E-state index contributed by atoms with van der Waals surface area (Å²) in [5.41, 5.74) is 8.94. The summed E-state index contributed by atoms with van der Waals surface area (Å²) >= 11 is 0. The first-order valence-corrected chi connectivity index (χ1v) is 12.6. The molecule has 0 radical (unpaired) electrons. The molecular formula is C24H42N4O3S. The van der Waals surface area contributed by atoms with Gasteiger partial charge in [0, 0.05) is 29.5 Å². The Kier molecular flexibility index (Phi) is 11.2. The summed E-state index contributed by atoms with van der Waals surface area (Å²) in [6.07, 6.45) is 3.33. The van der Waals surface area contributed by atoms with Crippen molar-refractivity contribution in [3.8, 4) is 5.75 Å². The van der Waals surface area contributed by atoms with Gasteiger partial charge in [0.2, 0.25) is 0 Å². The van der Waals surface area contributed by atoms with Gasteiger partial charge >= 0.3 is 0 Å². The van der Waals surface area contributed by atoms with Crippen LogP contribution in [0.25, 0.3) is 10.4 Å². The third kappa shape index (κ3) is 10.8. The first-order valence-electron chi connectivity index (χ1n) is 11.4. The summed E-state index contributed by atoms with van der Waals surface area (Å²) in [7, 11) is -1.12. The van der Waals surface area contributed by atoms with Crippen LogP contribution in [-0.4, -0.2) is 33.3 Å². The molecule has 1 rings (SSSR count). The minimum atomic E-state index is -1.12. The van der Waals surface area contributed by atoms with Crippen molar-refractivity contribution in [1.82, 2.24) is 4.72 Å². The van der Waals surface area contributed by atoms with Crippen LogP contribution in [0.1, 0.15) is 92.7 Å². The second-order valence-corrected chi connectivity index (χ2v) is 12.4. The van der Waals surface area contributed by atoms with Gasteiger partial charge in [0.25, 0.3) is 0 Å². The number of benzene rings is 1. The topological polar surface area (TPSA) is 96.3 Å². The van der Waals surface area contributed by atoms with E-state index in [2.05, 4.69) is 21.7 Å². The van der Waals surface area contributed by atoms with Crippen LogP contribution in [0.3, 0.4) is 0 Å². The van der Waals surface area contributed by atoms with Gasteiger partial charge < -0.3 is 9.47 Å². The van der Waals surface area contributed by atoms with E-state index in [4.69, 9.17) is 15.0 Å². The molecule has 182 valence electrons. The Balaban J connectivity index is 2.57. The summed E-state index contributed by atoms with van der Waals surface area (Å²) in [5.74, 6) is 0.807. The van der Waals surface area contributed by atoms with Crippen molar-refractivity contribution < 1.29 is 13.7 Å². The predicted molar refractivity (Wildman–Crippen MR) is 133 cm³/mol. The smallest absolute Gasteiger partial charge is 0.119 e. The van der Waals surface area contributed by atoms with Crippen molar-refractivity contribution in [3.63, 3.8) is 0 Å². The first kappa shape index (κ1) is 28.4. The van der Waals surface area contributed by atoms with Crippen molar-refractivity contribution in [1.29, 1.82) is 0 Å². The maximum absolute atomic E-state index is 12.5. The van der Waals surface area contributed by atoms with Crippen LogP contribution in [-0.2, 0) is 15.7 Å². The largest absolute Gasteiger partial charge is 0.493 e. The predicted octanol–water partition coefficient (Wildman–Crippen LogP) is 6.62. The summed E-state index contributed by atoms with van der Waals surface area (Å²) < 4.78 is 27.4. The highest BCUT2D eigenvalue weighted by molar-refractivity contribution is 7.84. The van der Waals surface area contributed by atoms with Gasteiger partial charge in [-0.3, -0.25) is 0 Å². The summed E-state index contributed by atoms with van der Waals surface area (Å²) in [4.78, 5) is 2.89. The lowest BCUT2D eigenvalue weighted by molar-refractivity contribution is -0.0359. The molecule has 0 amide bonds. The van der Waals surface area contributed by atoms with Gasteiger partial charge in [0.05, 0.1) is 27.9 Å². The molecule has 0 aliphatic rings. The molecule has 1 aromatic carbocycles. The lowest BCUT2D eigenvalue weighted by Crippen LogP contribution is -2.35. The van der Waals surface area contributed by atoms with Crippen molar-refractivity contribution in [2.75, 3.05) is 13.2 Å². The number of azide groups is 1. The van der Waals surface area contributed by atoms with Gasteiger partial charge in [0.1, 0.15) is 5.75 Å². The maximum atomic E-state index is 12.5. The molecule has 1 aromatic rings. The monoisotopic (exact) mass is 466 g/mol. The van der Waals surface area contributed by atoms with E-state index in [-0.39, 0.29) is 16.4 Å². The molecule has 0 saturated carbocycles. The first-order chi connectivity index (χ1) is 14.8. The van der Waals surface area contributed by atoms with E-state index < -0.39 is 16.5 Å². The lowest BCUT2D eigenvalue weighted by Gasteiger charge is -2.27. The summed E-state index contributed by atoms with van der Waals surface area (Å²) in [6, 6.07) is 8.08. The van der Waals surface area contributed by atoms with E-state index in [0.29, 0.717) is 19.6 Å². The molecular weight excluding hydrogens is 424 g/mol. The Hall–Kier alpha value is -1.60. The minimum absolute atomic E-state index is 0.0519. The number of nitrogens with zero attached hydrogens (tertiary/aromatic N) is 3. The molecule has 0 heterocycles. The van der Waals surface area contributed by atoms with Crippen molar-refractivity contribution in [2.45, 2.75) is 103 Å². The van der Waals surface area contributed by atoms with E-state index in [9.17, 15) is 4.21 Å². The number of rotatable bonds is 14. The minimum Gasteiger partial charge on any atom is -0.493 e. The van der Waals surface area contributed by atoms with Gasteiger partial charge in [0.15, 0.2) is 0 Å². The molecule has 0 bridgehead atoms. The molecule has 0 saturated heterocycles. The van der Waals surface area contributed by atoms with Crippen LogP contribution in [0.4, 0.5) is 0 Å². The fourth-order valence-corrected chi connectivity index (χ4v) is 3.79. The van der Waals surface area contributed by atoms with Gasteiger partial charge in [-0.25, -0.2) is 8.93 Å². The third-order valence-electron chi connectivity index (χ3n) is 5.16. The van der Waals surface area contributed by atoms with Crippen molar-refractivity contribution in [3.05, 3.63) is 40.3 Å². The highest BCUT2D eigenvalue weighted by Crippen LogP contribution is 2.25. The Labute approximate surface area is 196 Å². The fraction of sp³-hybridized carbons (Fsp3) is 0.750. The number of hydrogen-bond donors (Lipinski definition) is 1. The molecule has 0 aliphatic carbocycles. The quantitative estimate of drug-likeness (QED) is 0.189. The third-order valence-corrected chi connectivity index (χ3v) is 6.77. The van der Waals surface area contributed by atoms with Crippen molar-refractivity contribution in [2.24, 2.45) is 5.11 Å². The molecule has 0 aliphatic heterocycles. The molecule has 0 spiro atoms. The average molecular weight is 467 g/mol. The zero-order valence-corrected chi connectivity index (χ0v) is 21.9. The van der Waals surface area contributed by atoms with Crippen LogP contribution in [0, 0.1) is 0 Å². The fourth-order valence-electron chi connectivity index (χ4n) is 2.92. The summed E-state index contributed by atoms with van der Waals surface area (Å²) in [6.45, 7) is 17.0. The number of hydrogen-bond acceptors (Lipinski definition) is 4. The zero-order chi connectivity index (χ0) is 24.4. The van der Waals surface area contributed by atoms with Crippen LogP contribution in [0.5, 0.6) is 5.75 Å². The molecule has 0 aromatic heterocycles. The number of nitrogens with one attached hydrogen (secondary N) is 1. The van der Waals surface area contributed by atoms with E-state index in [1.807, 2.05) is 72.7 Å². The van der Waals surface area contributed by atoms with Gasteiger partial charge in [-0.05, 0) is 70.7 Å². The Morgan fingerprint density at radius 1 is 1.06 bits per heavy atom. The summed E-state index contributed by atoms with van der Waals surface area (Å²) in [5, 5.41) is 3.79. The SMILES string of the molecule is CCCC(NS(=O)C(C)(C)C)c1ccc(OCCC(C)(C)OCCC(C)(C)N=[N+]=[N-])cc1. The zero-order valence-electron chi connectivity index (χ0n) is 21.1. The molecule has 32 heavy (non-hydrogen) atoms. The molecule has 1 N–H and O–H groups in total. The van der Waals surface area contributed by atoms with Crippen LogP contribution in [0.15, 0.2) is 29.4 Å². The Bertz CT molecular complexity index is 766. The Morgan fingerprint density at radius 2 is 1.69 bits per heavy atom. The van der Waals surface area contributed by atoms with E-state index in [1.165, 1.54) is 0 Å². The van der Waals surface area contributed by atoms with E-state index >= 15 is 0 Å². The molecule has 0 fully saturated rings. The normalized spacial score (nSPS) is 14.5. The Morgan fingerprint density at radius 3 is 2.22 bits per heavy atom. The number of ether oxygens (including phenoxy) is 2. The van der Waals surface area contributed by atoms with Gasteiger partial charge in [-0.15, -0.1) is 0 Å². The average Bonchev–Trinajstić information content (AvgIpc) is 2.67. The van der Waals surface area contributed by atoms with E-state index in [1.54, 1.807) is 0 Å². The van der Waals surface area contributed by atoms with E-state index in [0.717, 1.165) is 30.6 Å². The lowest BCUT2D eigenvalue weighted by atomic mass is 10.0. The second kappa shape index (κ2) is 12.6. The highest BCUT2D eigenvalue weighted by Gasteiger charge is 2.24. The highest BCUT2D eigenvalue weighted by atomic mass is 32.2. The van der Waals surface area contributed by atoms with Gasteiger partial charge in [-0.2, -0.15) is 0 Å². The molecule has 2 atom stereocenters. The second-order valence-electron chi connectivity index (χ2n) is 10.4. The van der Waals surface area contributed by atoms with Crippen LogP contribution < -0.4 is 9.46 Å². The standard InChI is InChI=1S/C24H42N4O3S/c1-9-10-21(26-32(29)22(2,3)4)19-11-13-20(14-12-19)30-17-16-24(7,8)31-18-15-23(5,6)27-28-25/h11-14,21,26H,9-10,15-18H2,1-8H3.